The van der Waals surface area contributed by atoms with Gasteiger partial charge in [0.15, 0.2) is 0 Å². The van der Waals surface area contributed by atoms with Crippen LogP contribution in [0.1, 0.15) is 5.56 Å². The van der Waals surface area contributed by atoms with Gasteiger partial charge in [-0.2, -0.15) is 0 Å². The van der Waals surface area contributed by atoms with E-state index in [4.69, 9.17) is 15.2 Å². The van der Waals surface area contributed by atoms with Crippen LogP contribution in [0.25, 0.3) is 0 Å². The van der Waals surface area contributed by atoms with Gasteiger partial charge in [-0.1, -0.05) is 0 Å². The third kappa shape index (κ3) is 3.87. The van der Waals surface area contributed by atoms with E-state index < -0.39 is 0 Å². The molecule has 0 spiro atoms. The van der Waals surface area contributed by atoms with Crippen molar-refractivity contribution in [1.82, 2.24) is 4.98 Å². The van der Waals surface area contributed by atoms with Gasteiger partial charge >= 0.3 is 0 Å². The lowest BCUT2D eigenvalue weighted by Crippen LogP contribution is -2.02. The molecular formula is C9H14N2O2. The molecule has 0 atom stereocenters. The van der Waals surface area contributed by atoms with Crippen LogP contribution in [0, 0.1) is 0 Å². The van der Waals surface area contributed by atoms with Gasteiger partial charge in [-0.3, -0.25) is 4.98 Å². The standard InChI is InChI=1S/C9H14N2O2/c1-12-2-3-13-7-8-4-9(10)6-11-5-8/h4-6H,2-3,7,10H2,1H3. The molecule has 0 aromatic carbocycles. The lowest BCUT2D eigenvalue weighted by Gasteiger charge is -2.03. The number of anilines is 1. The quantitative estimate of drug-likeness (QED) is 0.685. The van der Waals surface area contributed by atoms with E-state index in [0.717, 1.165) is 5.56 Å². The van der Waals surface area contributed by atoms with Crippen molar-refractivity contribution < 1.29 is 9.47 Å². The van der Waals surface area contributed by atoms with Gasteiger partial charge < -0.3 is 15.2 Å². The first kappa shape index (κ1) is 9.95. The Morgan fingerprint density at radius 3 is 2.92 bits per heavy atom. The number of rotatable bonds is 5. The molecule has 0 unspecified atom stereocenters. The number of nitrogen functional groups attached to an aromatic ring is 1. The fraction of sp³-hybridized carbons (Fsp3) is 0.444. The molecule has 1 aromatic rings. The SMILES string of the molecule is COCCOCc1cncc(N)c1. The molecule has 0 aliphatic heterocycles. The molecule has 72 valence electrons. The van der Waals surface area contributed by atoms with Crippen molar-refractivity contribution in [2.24, 2.45) is 0 Å². The van der Waals surface area contributed by atoms with Crippen molar-refractivity contribution in [3.8, 4) is 0 Å². The summed E-state index contributed by atoms with van der Waals surface area (Å²) in [7, 11) is 1.64. The maximum atomic E-state index is 5.55. The molecule has 4 nitrogen and oxygen atoms in total. The predicted molar refractivity (Wildman–Crippen MR) is 50.2 cm³/mol. The molecule has 4 heteroatoms. The third-order valence-corrected chi connectivity index (χ3v) is 1.52. The summed E-state index contributed by atoms with van der Waals surface area (Å²) in [5.74, 6) is 0. The number of hydrogen-bond acceptors (Lipinski definition) is 4. The zero-order valence-corrected chi connectivity index (χ0v) is 7.69. The summed E-state index contributed by atoms with van der Waals surface area (Å²) in [6.45, 7) is 1.72. The summed E-state index contributed by atoms with van der Waals surface area (Å²) >= 11 is 0. The minimum Gasteiger partial charge on any atom is -0.397 e. The summed E-state index contributed by atoms with van der Waals surface area (Å²) in [5, 5.41) is 0. The molecule has 1 rings (SSSR count). The second-order valence-corrected chi connectivity index (χ2v) is 2.67. The Balaban J connectivity index is 2.28. The Kier molecular flexibility index (Phi) is 4.21. The molecule has 0 saturated carbocycles. The van der Waals surface area contributed by atoms with Crippen molar-refractivity contribution in [3.05, 3.63) is 24.0 Å². The van der Waals surface area contributed by atoms with E-state index >= 15 is 0 Å². The predicted octanol–water partition coefficient (Wildman–Crippen LogP) is 0.827. The van der Waals surface area contributed by atoms with Crippen LogP contribution >= 0.6 is 0 Å². The molecule has 0 fully saturated rings. The van der Waals surface area contributed by atoms with Gasteiger partial charge in [0, 0.05) is 19.5 Å². The fourth-order valence-corrected chi connectivity index (χ4v) is 0.919. The molecule has 2 N–H and O–H groups in total. The van der Waals surface area contributed by atoms with Crippen molar-refractivity contribution in [2.75, 3.05) is 26.1 Å². The Morgan fingerprint density at radius 1 is 1.38 bits per heavy atom. The second kappa shape index (κ2) is 5.50. The van der Waals surface area contributed by atoms with E-state index in [-0.39, 0.29) is 0 Å². The van der Waals surface area contributed by atoms with Crippen LogP contribution in [0.3, 0.4) is 0 Å². The number of hydrogen-bond donors (Lipinski definition) is 1. The molecule has 0 amide bonds. The Morgan fingerprint density at radius 2 is 2.23 bits per heavy atom. The van der Waals surface area contributed by atoms with Crippen LogP contribution in [0.5, 0.6) is 0 Å². The number of methoxy groups -OCH3 is 1. The van der Waals surface area contributed by atoms with E-state index in [2.05, 4.69) is 4.98 Å². The van der Waals surface area contributed by atoms with Gasteiger partial charge in [-0.25, -0.2) is 0 Å². The average molecular weight is 182 g/mol. The molecule has 0 saturated heterocycles. The maximum absolute atomic E-state index is 5.55. The van der Waals surface area contributed by atoms with E-state index in [1.54, 1.807) is 19.5 Å². The van der Waals surface area contributed by atoms with Crippen molar-refractivity contribution >= 4 is 5.69 Å². The van der Waals surface area contributed by atoms with E-state index in [0.29, 0.717) is 25.5 Å². The van der Waals surface area contributed by atoms with Crippen LogP contribution in [-0.4, -0.2) is 25.3 Å². The van der Waals surface area contributed by atoms with E-state index in [1.807, 2.05) is 6.07 Å². The average Bonchev–Trinajstić information content (AvgIpc) is 2.13. The lowest BCUT2D eigenvalue weighted by atomic mass is 10.3. The second-order valence-electron chi connectivity index (χ2n) is 2.67. The Hall–Kier alpha value is -1.13. The number of aromatic nitrogens is 1. The van der Waals surface area contributed by atoms with Crippen molar-refractivity contribution in [1.29, 1.82) is 0 Å². The molecule has 1 heterocycles. The minimum atomic E-state index is 0.529. The van der Waals surface area contributed by atoms with Gasteiger partial charge in [0.1, 0.15) is 0 Å². The molecule has 1 aromatic heterocycles. The lowest BCUT2D eigenvalue weighted by molar-refractivity contribution is 0.0616. The maximum Gasteiger partial charge on any atom is 0.0733 e. The van der Waals surface area contributed by atoms with Gasteiger partial charge in [0.05, 0.1) is 25.5 Å². The highest BCUT2D eigenvalue weighted by Crippen LogP contribution is 2.04. The topological polar surface area (TPSA) is 57.4 Å². The molecule has 0 radical (unpaired) electrons. The first-order valence-corrected chi connectivity index (χ1v) is 4.09. The number of pyridine rings is 1. The molecule has 0 aliphatic carbocycles. The van der Waals surface area contributed by atoms with Crippen LogP contribution < -0.4 is 5.73 Å². The molecule has 0 aliphatic rings. The zero-order valence-electron chi connectivity index (χ0n) is 7.69. The number of ether oxygens (including phenoxy) is 2. The van der Waals surface area contributed by atoms with Crippen molar-refractivity contribution in [3.63, 3.8) is 0 Å². The Bertz CT molecular complexity index is 253. The van der Waals surface area contributed by atoms with Crippen LogP contribution in [0.4, 0.5) is 5.69 Å². The summed E-state index contributed by atoms with van der Waals surface area (Å²) in [5.41, 5.74) is 7.19. The van der Waals surface area contributed by atoms with E-state index in [9.17, 15) is 0 Å². The first-order valence-electron chi connectivity index (χ1n) is 4.09. The summed E-state index contributed by atoms with van der Waals surface area (Å²) in [6.07, 6.45) is 3.35. The van der Waals surface area contributed by atoms with Crippen LogP contribution in [0.15, 0.2) is 18.5 Å². The van der Waals surface area contributed by atoms with Gasteiger partial charge in [0.25, 0.3) is 0 Å². The fourth-order valence-electron chi connectivity index (χ4n) is 0.919. The van der Waals surface area contributed by atoms with Gasteiger partial charge in [-0.15, -0.1) is 0 Å². The van der Waals surface area contributed by atoms with Crippen LogP contribution in [0.2, 0.25) is 0 Å². The zero-order chi connectivity index (χ0) is 9.52. The Labute approximate surface area is 77.7 Å². The number of nitrogens with zero attached hydrogens (tertiary/aromatic N) is 1. The monoisotopic (exact) mass is 182 g/mol. The highest BCUT2D eigenvalue weighted by atomic mass is 16.5. The number of nitrogens with two attached hydrogens (primary N) is 1. The normalized spacial score (nSPS) is 10.2. The minimum absolute atomic E-state index is 0.529. The highest BCUT2D eigenvalue weighted by Gasteiger charge is 1.94. The van der Waals surface area contributed by atoms with Crippen LogP contribution in [-0.2, 0) is 16.1 Å². The summed E-state index contributed by atoms with van der Waals surface area (Å²) in [4.78, 5) is 3.95. The van der Waals surface area contributed by atoms with Gasteiger partial charge in [0.2, 0.25) is 0 Å². The van der Waals surface area contributed by atoms with Gasteiger partial charge in [-0.05, 0) is 11.6 Å². The smallest absolute Gasteiger partial charge is 0.0733 e. The molecule has 0 bridgehead atoms. The van der Waals surface area contributed by atoms with E-state index in [1.165, 1.54) is 0 Å². The van der Waals surface area contributed by atoms with Crippen molar-refractivity contribution in [2.45, 2.75) is 6.61 Å². The highest BCUT2D eigenvalue weighted by molar-refractivity contribution is 5.36. The summed E-state index contributed by atoms with van der Waals surface area (Å²) in [6, 6.07) is 1.85. The molecular weight excluding hydrogens is 168 g/mol. The molecule has 13 heavy (non-hydrogen) atoms. The summed E-state index contributed by atoms with van der Waals surface area (Å²) < 4.78 is 10.1. The third-order valence-electron chi connectivity index (χ3n) is 1.52. The first-order chi connectivity index (χ1) is 6.33. The largest absolute Gasteiger partial charge is 0.397 e.